The van der Waals surface area contributed by atoms with Crippen molar-refractivity contribution in [3.05, 3.63) is 34.3 Å². The van der Waals surface area contributed by atoms with Gasteiger partial charge in [-0.3, -0.25) is 9.59 Å². The van der Waals surface area contributed by atoms with Crippen LogP contribution in [0.15, 0.2) is 28.7 Å². The van der Waals surface area contributed by atoms with Gasteiger partial charge in [0.05, 0.1) is 12.0 Å². The third-order valence-corrected chi connectivity index (χ3v) is 5.13. The molecular weight excluding hydrogens is 368 g/mol. The predicted octanol–water partition coefficient (Wildman–Crippen LogP) is 4.06. The molecule has 1 fully saturated rings. The molecule has 1 aromatic rings. The van der Waals surface area contributed by atoms with Crippen LogP contribution in [0, 0.1) is 5.92 Å². The van der Waals surface area contributed by atoms with Crippen molar-refractivity contribution in [1.82, 2.24) is 10.2 Å². The molecule has 0 saturated carbocycles. The third-order valence-electron chi connectivity index (χ3n) is 4.61. The summed E-state index contributed by atoms with van der Waals surface area (Å²) in [6.07, 6.45) is 4.04. The number of likely N-dealkylation sites (tertiary alicyclic amines) is 1. The number of hydrogen-bond donors (Lipinski definition) is 1. The van der Waals surface area contributed by atoms with Crippen molar-refractivity contribution in [2.45, 2.75) is 52.0 Å². The lowest BCUT2D eigenvalue weighted by Crippen LogP contribution is -2.46. The maximum absolute atomic E-state index is 12.7. The maximum atomic E-state index is 12.7. The summed E-state index contributed by atoms with van der Waals surface area (Å²) in [4.78, 5) is 26.6. The maximum Gasteiger partial charge on any atom is 0.225 e. The number of benzene rings is 1. The van der Waals surface area contributed by atoms with E-state index < -0.39 is 0 Å². The number of halogens is 1. The zero-order valence-electron chi connectivity index (χ0n) is 14.6. The standard InChI is InChI=1S/C19H27BrN2O2/c1-3-6-18(23)22-12-5-7-15(13-22)19(24)21-17(4-2)14-8-10-16(20)11-9-14/h8-11,15,17H,3-7,12-13H2,1-2H3,(H,21,24)/t15-,17+/m1/s1. The fourth-order valence-corrected chi connectivity index (χ4v) is 3.46. The van der Waals surface area contributed by atoms with E-state index in [1.807, 2.05) is 36.1 Å². The highest BCUT2D eigenvalue weighted by molar-refractivity contribution is 9.10. The van der Waals surface area contributed by atoms with Gasteiger partial charge < -0.3 is 10.2 Å². The Kier molecular flexibility index (Phi) is 7.28. The third kappa shape index (κ3) is 5.07. The van der Waals surface area contributed by atoms with Crippen molar-refractivity contribution in [2.24, 2.45) is 5.92 Å². The van der Waals surface area contributed by atoms with Crippen molar-refractivity contribution in [2.75, 3.05) is 13.1 Å². The number of carbonyl (C=O) groups is 2. The smallest absolute Gasteiger partial charge is 0.225 e. The van der Waals surface area contributed by atoms with Crippen LogP contribution in [0.4, 0.5) is 0 Å². The number of nitrogens with zero attached hydrogens (tertiary/aromatic N) is 1. The van der Waals surface area contributed by atoms with Gasteiger partial charge in [0.1, 0.15) is 0 Å². The average molecular weight is 395 g/mol. The minimum atomic E-state index is -0.0935. The second kappa shape index (κ2) is 9.21. The van der Waals surface area contributed by atoms with Crippen molar-refractivity contribution >= 4 is 27.7 Å². The number of piperidine rings is 1. The van der Waals surface area contributed by atoms with Gasteiger partial charge in [0.15, 0.2) is 0 Å². The highest BCUT2D eigenvalue weighted by Crippen LogP contribution is 2.22. The fraction of sp³-hybridized carbons (Fsp3) is 0.579. The summed E-state index contributed by atoms with van der Waals surface area (Å²) in [5.41, 5.74) is 1.11. The molecule has 2 atom stereocenters. The monoisotopic (exact) mass is 394 g/mol. The molecule has 1 aliphatic rings. The quantitative estimate of drug-likeness (QED) is 0.790. The zero-order valence-corrected chi connectivity index (χ0v) is 16.1. The Labute approximate surface area is 153 Å². The molecule has 1 aromatic carbocycles. The summed E-state index contributed by atoms with van der Waals surface area (Å²) >= 11 is 3.44. The first kappa shape index (κ1) is 19.0. The van der Waals surface area contributed by atoms with Gasteiger partial charge in [0, 0.05) is 24.0 Å². The molecule has 0 bridgehead atoms. The second-order valence-electron chi connectivity index (χ2n) is 6.45. The molecule has 0 spiro atoms. The Bertz CT molecular complexity index is 559. The lowest BCUT2D eigenvalue weighted by molar-refractivity contribution is -0.136. The predicted molar refractivity (Wildman–Crippen MR) is 99.5 cm³/mol. The molecule has 0 unspecified atom stereocenters. The largest absolute Gasteiger partial charge is 0.349 e. The lowest BCUT2D eigenvalue weighted by Gasteiger charge is -2.33. The van der Waals surface area contributed by atoms with E-state index >= 15 is 0 Å². The van der Waals surface area contributed by atoms with Gasteiger partial charge >= 0.3 is 0 Å². The topological polar surface area (TPSA) is 49.4 Å². The Morgan fingerprint density at radius 1 is 1.29 bits per heavy atom. The molecule has 0 radical (unpaired) electrons. The summed E-state index contributed by atoms with van der Waals surface area (Å²) in [6, 6.07) is 8.09. The minimum absolute atomic E-state index is 0.0207. The lowest BCUT2D eigenvalue weighted by atomic mass is 9.95. The van der Waals surface area contributed by atoms with E-state index in [1.165, 1.54) is 0 Å². The van der Waals surface area contributed by atoms with Crippen LogP contribution in [0.3, 0.4) is 0 Å². The van der Waals surface area contributed by atoms with Crippen molar-refractivity contribution < 1.29 is 9.59 Å². The van der Waals surface area contributed by atoms with Gasteiger partial charge in [-0.25, -0.2) is 0 Å². The van der Waals surface area contributed by atoms with Crippen molar-refractivity contribution in [1.29, 1.82) is 0 Å². The van der Waals surface area contributed by atoms with E-state index in [4.69, 9.17) is 0 Å². The number of rotatable bonds is 6. The Morgan fingerprint density at radius 3 is 2.62 bits per heavy atom. The van der Waals surface area contributed by atoms with Gasteiger partial charge in [-0.1, -0.05) is 41.9 Å². The first-order valence-electron chi connectivity index (χ1n) is 8.88. The highest BCUT2D eigenvalue weighted by Gasteiger charge is 2.29. The molecule has 1 N–H and O–H groups in total. The van der Waals surface area contributed by atoms with E-state index in [2.05, 4.69) is 28.2 Å². The summed E-state index contributed by atoms with van der Waals surface area (Å²) in [5.74, 6) is 0.151. The molecule has 2 amide bonds. The molecule has 132 valence electrons. The molecule has 0 aliphatic carbocycles. The summed E-state index contributed by atoms with van der Waals surface area (Å²) in [5, 5.41) is 3.17. The van der Waals surface area contributed by atoms with Gasteiger partial charge in [-0.05, 0) is 43.4 Å². The number of carbonyl (C=O) groups excluding carboxylic acids is 2. The van der Waals surface area contributed by atoms with Crippen molar-refractivity contribution in [3.8, 4) is 0 Å². The molecule has 0 aromatic heterocycles. The van der Waals surface area contributed by atoms with Crippen LogP contribution < -0.4 is 5.32 Å². The van der Waals surface area contributed by atoms with Crippen LogP contribution in [0.5, 0.6) is 0 Å². The minimum Gasteiger partial charge on any atom is -0.349 e. The van der Waals surface area contributed by atoms with E-state index in [1.54, 1.807) is 0 Å². The normalized spacial score (nSPS) is 19.0. The number of nitrogens with one attached hydrogen (secondary N) is 1. The van der Waals surface area contributed by atoms with Crippen LogP contribution in [-0.2, 0) is 9.59 Å². The Hall–Kier alpha value is -1.36. The molecule has 4 nitrogen and oxygen atoms in total. The second-order valence-corrected chi connectivity index (χ2v) is 7.37. The van der Waals surface area contributed by atoms with Gasteiger partial charge in [0.25, 0.3) is 0 Å². The highest BCUT2D eigenvalue weighted by atomic mass is 79.9. The fourth-order valence-electron chi connectivity index (χ4n) is 3.20. The summed E-state index contributed by atoms with van der Waals surface area (Å²) in [7, 11) is 0. The van der Waals surface area contributed by atoms with E-state index in [0.29, 0.717) is 13.0 Å². The number of amides is 2. The summed E-state index contributed by atoms with van der Waals surface area (Å²) < 4.78 is 1.03. The molecular formula is C19H27BrN2O2. The van der Waals surface area contributed by atoms with Crippen LogP contribution in [-0.4, -0.2) is 29.8 Å². The van der Waals surface area contributed by atoms with Crippen LogP contribution in [0.25, 0.3) is 0 Å². The Morgan fingerprint density at radius 2 is 2.00 bits per heavy atom. The molecule has 1 heterocycles. The average Bonchev–Trinajstić information content (AvgIpc) is 2.60. The van der Waals surface area contributed by atoms with Crippen LogP contribution in [0.1, 0.15) is 57.6 Å². The Balaban J connectivity index is 1.97. The summed E-state index contributed by atoms with van der Waals surface area (Å²) in [6.45, 7) is 5.43. The van der Waals surface area contributed by atoms with Gasteiger partial charge in [0.2, 0.25) is 11.8 Å². The SMILES string of the molecule is CCCC(=O)N1CCC[C@@H](C(=O)N[C@@H](CC)c2ccc(Br)cc2)C1. The number of hydrogen-bond acceptors (Lipinski definition) is 2. The van der Waals surface area contributed by atoms with E-state index in [-0.39, 0.29) is 23.8 Å². The van der Waals surface area contributed by atoms with Crippen LogP contribution in [0.2, 0.25) is 0 Å². The molecule has 2 rings (SSSR count). The molecule has 5 heteroatoms. The zero-order chi connectivity index (χ0) is 17.5. The van der Waals surface area contributed by atoms with E-state index in [0.717, 1.165) is 42.3 Å². The van der Waals surface area contributed by atoms with Crippen molar-refractivity contribution in [3.63, 3.8) is 0 Å². The van der Waals surface area contributed by atoms with Gasteiger partial charge in [-0.2, -0.15) is 0 Å². The van der Waals surface area contributed by atoms with E-state index in [9.17, 15) is 9.59 Å². The van der Waals surface area contributed by atoms with Crippen LogP contribution >= 0.6 is 15.9 Å². The van der Waals surface area contributed by atoms with Gasteiger partial charge in [-0.15, -0.1) is 0 Å². The molecule has 24 heavy (non-hydrogen) atoms. The first-order chi connectivity index (χ1) is 11.5. The molecule has 1 aliphatic heterocycles. The first-order valence-corrected chi connectivity index (χ1v) is 9.68. The molecule has 1 saturated heterocycles.